The van der Waals surface area contributed by atoms with Crippen LogP contribution in [0.2, 0.25) is 0 Å². The molecule has 2 aromatic rings. The first kappa shape index (κ1) is 13.8. The Balaban J connectivity index is 1.48. The van der Waals surface area contributed by atoms with Gasteiger partial charge in [0, 0.05) is 37.0 Å². The van der Waals surface area contributed by atoms with Crippen molar-refractivity contribution in [2.24, 2.45) is 0 Å². The van der Waals surface area contributed by atoms with Gasteiger partial charge in [-0.2, -0.15) is 0 Å². The number of hydrogen-bond donors (Lipinski definition) is 0. The van der Waals surface area contributed by atoms with Crippen LogP contribution in [0.4, 0.5) is 0 Å². The predicted molar refractivity (Wildman–Crippen MR) is 85.4 cm³/mol. The van der Waals surface area contributed by atoms with Crippen molar-refractivity contribution in [3.63, 3.8) is 0 Å². The standard InChI is InChI=1S/C18H22N2O2/c1-2-18(21)20-14-7-8-15(20)11-19(10-14)12-16-9-13-5-3-4-6-17(13)22-16/h3-6,9,14-15H,2,7-8,10-12H2,1H3. The maximum absolute atomic E-state index is 12.1. The molecule has 0 saturated carbocycles. The van der Waals surface area contributed by atoms with E-state index >= 15 is 0 Å². The third-order valence-electron chi connectivity index (χ3n) is 5.00. The molecule has 2 bridgehead atoms. The second kappa shape index (κ2) is 5.43. The van der Waals surface area contributed by atoms with E-state index in [2.05, 4.69) is 21.9 Å². The highest BCUT2D eigenvalue weighted by atomic mass is 16.3. The van der Waals surface area contributed by atoms with Crippen molar-refractivity contribution in [2.75, 3.05) is 13.1 Å². The molecule has 0 aliphatic carbocycles. The summed E-state index contributed by atoms with van der Waals surface area (Å²) in [5.41, 5.74) is 0.959. The van der Waals surface area contributed by atoms with Crippen molar-refractivity contribution in [2.45, 2.75) is 44.8 Å². The molecule has 1 aromatic carbocycles. The molecule has 2 fully saturated rings. The molecule has 4 heteroatoms. The van der Waals surface area contributed by atoms with Crippen LogP contribution < -0.4 is 0 Å². The van der Waals surface area contributed by atoms with Crippen molar-refractivity contribution in [3.05, 3.63) is 36.1 Å². The van der Waals surface area contributed by atoms with Crippen molar-refractivity contribution in [3.8, 4) is 0 Å². The zero-order valence-electron chi connectivity index (χ0n) is 13.0. The van der Waals surface area contributed by atoms with Gasteiger partial charge in [-0.3, -0.25) is 9.69 Å². The SMILES string of the molecule is CCC(=O)N1C2CCC1CN(Cc1cc3ccccc3o1)C2. The first-order valence-electron chi connectivity index (χ1n) is 8.25. The predicted octanol–water partition coefficient (Wildman–Crippen LogP) is 3.02. The summed E-state index contributed by atoms with van der Waals surface area (Å²) in [6, 6.07) is 11.1. The van der Waals surface area contributed by atoms with Gasteiger partial charge in [-0.05, 0) is 25.0 Å². The first-order valence-corrected chi connectivity index (χ1v) is 8.25. The third kappa shape index (κ3) is 2.31. The van der Waals surface area contributed by atoms with Crippen molar-refractivity contribution in [1.82, 2.24) is 9.80 Å². The lowest BCUT2D eigenvalue weighted by molar-refractivity contribution is -0.136. The van der Waals surface area contributed by atoms with Gasteiger partial charge in [-0.25, -0.2) is 0 Å². The quantitative estimate of drug-likeness (QED) is 0.874. The van der Waals surface area contributed by atoms with Crippen LogP contribution in [0.15, 0.2) is 34.7 Å². The number of carbonyl (C=O) groups excluding carboxylic acids is 1. The molecular weight excluding hydrogens is 276 g/mol. The monoisotopic (exact) mass is 298 g/mol. The minimum atomic E-state index is 0.316. The van der Waals surface area contributed by atoms with Gasteiger partial charge in [0.2, 0.25) is 5.91 Å². The van der Waals surface area contributed by atoms with E-state index < -0.39 is 0 Å². The zero-order valence-corrected chi connectivity index (χ0v) is 13.0. The van der Waals surface area contributed by atoms with E-state index in [9.17, 15) is 4.79 Å². The largest absolute Gasteiger partial charge is 0.460 e. The Kier molecular flexibility index (Phi) is 3.41. The Morgan fingerprint density at radius 3 is 2.64 bits per heavy atom. The van der Waals surface area contributed by atoms with Crippen LogP contribution in [-0.4, -0.2) is 40.9 Å². The lowest BCUT2D eigenvalue weighted by Crippen LogP contribution is -2.55. The minimum absolute atomic E-state index is 0.316. The summed E-state index contributed by atoms with van der Waals surface area (Å²) >= 11 is 0. The molecule has 4 rings (SSSR count). The second-order valence-corrected chi connectivity index (χ2v) is 6.48. The Bertz CT molecular complexity index is 646. The molecule has 116 valence electrons. The topological polar surface area (TPSA) is 36.7 Å². The van der Waals surface area contributed by atoms with Crippen LogP contribution in [0.5, 0.6) is 0 Å². The van der Waals surface area contributed by atoms with Crippen LogP contribution in [0, 0.1) is 0 Å². The fourth-order valence-electron chi connectivity index (χ4n) is 4.04. The highest BCUT2D eigenvalue weighted by molar-refractivity contribution is 5.78. The molecule has 2 aliphatic heterocycles. The van der Waals surface area contributed by atoms with Crippen molar-refractivity contribution >= 4 is 16.9 Å². The summed E-state index contributed by atoms with van der Waals surface area (Å²) < 4.78 is 5.93. The fraction of sp³-hybridized carbons (Fsp3) is 0.500. The Labute approximate surface area is 130 Å². The lowest BCUT2D eigenvalue weighted by Gasteiger charge is -2.40. The fourth-order valence-corrected chi connectivity index (χ4v) is 4.04. The van der Waals surface area contributed by atoms with Crippen LogP contribution in [0.1, 0.15) is 31.9 Å². The summed E-state index contributed by atoms with van der Waals surface area (Å²) in [5, 5.41) is 1.17. The maximum Gasteiger partial charge on any atom is 0.222 e. The van der Waals surface area contributed by atoms with Crippen LogP contribution in [0.3, 0.4) is 0 Å². The number of carbonyl (C=O) groups is 1. The summed E-state index contributed by atoms with van der Waals surface area (Å²) in [5.74, 6) is 1.34. The van der Waals surface area contributed by atoms with Gasteiger partial charge in [0.05, 0.1) is 6.54 Å². The van der Waals surface area contributed by atoms with E-state index in [1.165, 1.54) is 5.39 Å². The molecular formula is C18H22N2O2. The zero-order chi connectivity index (χ0) is 15.1. The van der Waals surface area contributed by atoms with Gasteiger partial charge < -0.3 is 9.32 Å². The smallest absolute Gasteiger partial charge is 0.222 e. The van der Waals surface area contributed by atoms with Crippen LogP contribution in [-0.2, 0) is 11.3 Å². The molecule has 0 radical (unpaired) electrons. The Morgan fingerprint density at radius 2 is 1.95 bits per heavy atom. The number of hydrogen-bond acceptors (Lipinski definition) is 3. The van der Waals surface area contributed by atoms with E-state index in [-0.39, 0.29) is 0 Å². The molecule has 2 atom stereocenters. The average Bonchev–Trinajstić information content (AvgIpc) is 3.04. The second-order valence-electron chi connectivity index (χ2n) is 6.48. The van der Waals surface area contributed by atoms with Crippen molar-refractivity contribution < 1.29 is 9.21 Å². The Hall–Kier alpha value is -1.81. The van der Waals surface area contributed by atoms with Gasteiger partial charge in [0.25, 0.3) is 0 Å². The number of furan rings is 1. The number of rotatable bonds is 3. The van der Waals surface area contributed by atoms with Crippen LogP contribution >= 0.6 is 0 Å². The van der Waals surface area contributed by atoms with E-state index in [0.717, 1.165) is 43.8 Å². The summed E-state index contributed by atoms with van der Waals surface area (Å²) in [7, 11) is 0. The Morgan fingerprint density at radius 1 is 1.23 bits per heavy atom. The van der Waals surface area contributed by atoms with E-state index in [0.29, 0.717) is 24.4 Å². The highest BCUT2D eigenvalue weighted by Crippen LogP contribution is 2.32. The normalized spacial score (nSPS) is 25.0. The average molecular weight is 298 g/mol. The minimum Gasteiger partial charge on any atom is -0.460 e. The van der Waals surface area contributed by atoms with Gasteiger partial charge >= 0.3 is 0 Å². The number of likely N-dealkylation sites (tertiary alicyclic amines) is 1. The number of piperazine rings is 1. The van der Waals surface area contributed by atoms with E-state index in [1.807, 2.05) is 25.1 Å². The number of amides is 1. The molecule has 2 aliphatic rings. The van der Waals surface area contributed by atoms with Crippen molar-refractivity contribution in [1.29, 1.82) is 0 Å². The molecule has 1 aromatic heterocycles. The number of nitrogens with zero attached hydrogens (tertiary/aromatic N) is 2. The molecule has 2 unspecified atom stereocenters. The molecule has 22 heavy (non-hydrogen) atoms. The number of para-hydroxylation sites is 1. The first-order chi connectivity index (χ1) is 10.7. The van der Waals surface area contributed by atoms with Gasteiger partial charge in [0.1, 0.15) is 11.3 Å². The summed E-state index contributed by atoms with van der Waals surface area (Å²) in [6.45, 7) is 4.75. The molecule has 4 nitrogen and oxygen atoms in total. The molecule has 0 N–H and O–H groups in total. The van der Waals surface area contributed by atoms with Gasteiger partial charge in [-0.1, -0.05) is 25.1 Å². The maximum atomic E-state index is 12.1. The number of fused-ring (bicyclic) bond motifs is 3. The lowest BCUT2D eigenvalue weighted by atomic mass is 10.1. The van der Waals surface area contributed by atoms with Gasteiger partial charge in [0.15, 0.2) is 0 Å². The molecule has 1 amide bonds. The van der Waals surface area contributed by atoms with Crippen LogP contribution in [0.25, 0.3) is 11.0 Å². The molecule has 2 saturated heterocycles. The molecule has 3 heterocycles. The molecule has 0 spiro atoms. The highest BCUT2D eigenvalue weighted by Gasteiger charge is 2.41. The number of benzene rings is 1. The summed E-state index contributed by atoms with van der Waals surface area (Å²) in [4.78, 5) is 16.7. The van der Waals surface area contributed by atoms with E-state index in [1.54, 1.807) is 0 Å². The van der Waals surface area contributed by atoms with E-state index in [4.69, 9.17) is 4.42 Å². The summed E-state index contributed by atoms with van der Waals surface area (Å²) in [6.07, 6.45) is 2.91. The van der Waals surface area contributed by atoms with Gasteiger partial charge in [-0.15, -0.1) is 0 Å². The third-order valence-corrected chi connectivity index (χ3v) is 5.00.